The summed E-state index contributed by atoms with van der Waals surface area (Å²) >= 11 is 12.7. The van der Waals surface area contributed by atoms with Crippen LogP contribution in [0.4, 0.5) is 4.79 Å². The summed E-state index contributed by atoms with van der Waals surface area (Å²) in [7, 11) is 2.11. The molecule has 2 amide bonds. The van der Waals surface area contributed by atoms with Crippen LogP contribution in [0, 0.1) is 5.41 Å². The van der Waals surface area contributed by atoms with Crippen LogP contribution < -0.4 is 5.32 Å². The highest BCUT2D eigenvalue weighted by Gasteiger charge is 2.42. The highest BCUT2D eigenvalue weighted by atomic mass is 35.5. The van der Waals surface area contributed by atoms with Crippen LogP contribution in [0.3, 0.4) is 0 Å². The zero-order chi connectivity index (χ0) is 22.6. The number of nitrogens with zero attached hydrogens (tertiary/aromatic N) is 2. The number of carbonyl (C=O) groups is 1. The van der Waals surface area contributed by atoms with Crippen molar-refractivity contribution < 1.29 is 4.79 Å². The summed E-state index contributed by atoms with van der Waals surface area (Å²) in [6.07, 6.45) is 2.93. The Balaban J connectivity index is 1.92. The van der Waals surface area contributed by atoms with E-state index < -0.39 is 0 Å². The number of amides is 2. The van der Waals surface area contributed by atoms with Crippen molar-refractivity contribution in [2.45, 2.75) is 58.8 Å². The number of hydrogen-bond acceptors (Lipinski definition) is 2. The lowest BCUT2D eigenvalue weighted by Gasteiger charge is -2.50. The maximum absolute atomic E-state index is 13.7. The SMILES string of the molecule is CCC(NC(=O)N(Cc1ccccc1)C1N(C)CCCC1(C)C)c1cccc(Cl)c1Cl. The Kier molecular flexibility index (Phi) is 7.90. The van der Waals surface area contributed by atoms with Crippen LogP contribution in [0.5, 0.6) is 0 Å². The number of halogens is 2. The van der Waals surface area contributed by atoms with Crippen molar-refractivity contribution in [3.05, 3.63) is 69.7 Å². The molecule has 0 radical (unpaired) electrons. The van der Waals surface area contributed by atoms with Gasteiger partial charge in [0.25, 0.3) is 0 Å². The molecule has 6 heteroatoms. The molecule has 0 bridgehead atoms. The predicted molar refractivity (Wildman–Crippen MR) is 129 cm³/mol. The van der Waals surface area contributed by atoms with Gasteiger partial charge < -0.3 is 10.2 Å². The lowest BCUT2D eigenvalue weighted by Crippen LogP contribution is -2.61. The molecule has 1 N–H and O–H groups in total. The molecule has 1 aliphatic rings. The maximum Gasteiger partial charge on any atom is 0.319 e. The van der Waals surface area contributed by atoms with Crippen molar-refractivity contribution in [3.8, 4) is 0 Å². The van der Waals surface area contributed by atoms with Gasteiger partial charge >= 0.3 is 6.03 Å². The Labute approximate surface area is 196 Å². The second-order valence-electron chi connectivity index (χ2n) is 9.11. The van der Waals surface area contributed by atoms with E-state index in [1.54, 1.807) is 6.07 Å². The van der Waals surface area contributed by atoms with Crippen molar-refractivity contribution >= 4 is 29.2 Å². The fourth-order valence-electron chi connectivity index (χ4n) is 4.76. The molecule has 0 aromatic heterocycles. The van der Waals surface area contributed by atoms with E-state index in [4.69, 9.17) is 23.2 Å². The van der Waals surface area contributed by atoms with Crippen molar-refractivity contribution in [1.82, 2.24) is 15.1 Å². The third-order valence-corrected chi connectivity index (χ3v) is 7.10. The zero-order valence-electron chi connectivity index (χ0n) is 18.9. The first-order valence-electron chi connectivity index (χ1n) is 11.0. The average Bonchev–Trinajstić information content (AvgIpc) is 2.73. The fraction of sp³-hybridized carbons (Fsp3) is 0.480. The largest absolute Gasteiger partial charge is 0.331 e. The highest BCUT2D eigenvalue weighted by Crippen LogP contribution is 2.37. The Hall–Kier alpha value is -1.75. The van der Waals surface area contributed by atoms with Crippen molar-refractivity contribution in [3.63, 3.8) is 0 Å². The number of hydrogen-bond donors (Lipinski definition) is 1. The molecule has 1 saturated heterocycles. The molecule has 3 rings (SSSR count). The minimum atomic E-state index is -0.214. The van der Waals surface area contributed by atoms with Gasteiger partial charge in [-0.1, -0.05) is 86.4 Å². The number of carbonyl (C=O) groups excluding carboxylic acids is 1. The molecule has 1 heterocycles. The highest BCUT2D eigenvalue weighted by molar-refractivity contribution is 6.42. The lowest BCUT2D eigenvalue weighted by atomic mass is 9.80. The van der Waals surface area contributed by atoms with Gasteiger partial charge in [-0.3, -0.25) is 4.90 Å². The molecule has 2 aromatic carbocycles. The van der Waals surface area contributed by atoms with Gasteiger partial charge in [-0.05, 0) is 55.5 Å². The third kappa shape index (κ3) is 5.54. The first kappa shape index (κ1) is 23.9. The fourth-order valence-corrected chi connectivity index (χ4v) is 5.20. The molecule has 31 heavy (non-hydrogen) atoms. The zero-order valence-corrected chi connectivity index (χ0v) is 20.4. The smallest absolute Gasteiger partial charge is 0.319 e. The Morgan fingerprint density at radius 1 is 1.19 bits per heavy atom. The molecule has 0 aliphatic carbocycles. The van der Waals surface area contributed by atoms with Crippen LogP contribution in [-0.4, -0.2) is 35.6 Å². The number of nitrogens with one attached hydrogen (secondary N) is 1. The van der Waals surface area contributed by atoms with E-state index in [-0.39, 0.29) is 23.7 Å². The molecular formula is C25H33Cl2N3O. The van der Waals surface area contributed by atoms with Gasteiger partial charge in [0, 0.05) is 6.54 Å². The monoisotopic (exact) mass is 461 g/mol. The first-order valence-corrected chi connectivity index (χ1v) is 11.8. The van der Waals surface area contributed by atoms with Crippen LogP contribution in [0.1, 0.15) is 57.2 Å². The number of rotatable bonds is 6. The minimum Gasteiger partial charge on any atom is -0.331 e. The van der Waals surface area contributed by atoms with Crippen LogP contribution in [-0.2, 0) is 6.54 Å². The Morgan fingerprint density at radius 2 is 1.90 bits per heavy atom. The minimum absolute atomic E-state index is 0.00574. The van der Waals surface area contributed by atoms with Crippen LogP contribution in [0.2, 0.25) is 10.0 Å². The van der Waals surface area contributed by atoms with Gasteiger partial charge in [0.05, 0.1) is 22.3 Å². The molecular weight excluding hydrogens is 429 g/mol. The third-order valence-electron chi connectivity index (χ3n) is 6.26. The van der Waals surface area contributed by atoms with Gasteiger partial charge in [0.2, 0.25) is 0 Å². The average molecular weight is 462 g/mol. The molecule has 2 atom stereocenters. The van der Waals surface area contributed by atoms with Crippen LogP contribution in [0.15, 0.2) is 48.5 Å². The van der Waals surface area contributed by atoms with Gasteiger partial charge in [0.15, 0.2) is 0 Å². The number of benzene rings is 2. The molecule has 2 aromatic rings. The number of likely N-dealkylation sites (tertiary alicyclic amines) is 1. The molecule has 168 valence electrons. The van der Waals surface area contributed by atoms with Crippen LogP contribution >= 0.6 is 23.2 Å². The molecule has 4 nitrogen and oxygen atoms in total. The van der Waals surface area contributed by atoms with E-state index in [1.165, 1.54) is 0 Å². The maximum atomic E-state index is 13.7. The summed E-state index contributed by atoms with van der Waals surface area (Å²) in [6.45, 7) is 8.07. The summed E-state index contributed by atoms with van der Waals surface area (Å²) in [6, 6.07) is 15.4. The predicted octanol–water partition coefficient (Wildman–Crippen LogP) is 6.73. The standard InChI is InChI=1S/C25H33Cl2N3O/c1-5-21(19-13-9-14-20(26)22(19)27)28-24(31)30(17-18-11-7-6-8-12-18)23-25(2,3)15-10-16-29(23)4/h6-9,11-14,21,23H,5,10,15-17H2,1-4H3,(H,28,31). The van der Waals surface area contributed by atoms with E-state index in [0.717, 1.165) is 36.9 Å². The second kappa shape index (κ2) is 10.2. The Morgan fingerprint density at radius 3 is 2.55 bits per heavy atom. The Bertz CT molecular complexity index is 888. The molecule has 0 saturated carbocycles. The molecule has 1 aliphatic heterocycles. The number of urea groups is 1. The van der Waals surface area contributed by atoms with Gasteiger partial charge in [-0.25, -0.2) is 4.79 Å². The quantitative estimate of drug-likeness (QED) is 0.516. The molecule has 2 unspecified atom stereocenters. The van der Waals surface area contributed by atoms with E-state index in [9.17, 15) is 4.79 Å². The summed E-state index contributed by atoms with van der Waals surface area (Å²) in [4.78, 5) is 18.0. The van der Waals surface area contributed by atoms with E-state index in [2.05, 4.69) is 43.2 Å². The van der Waals surface area contributed by atoms with E-state index in [1.807, 2.05) is 42.2 Å². The van der Waals surface area contributed by atoms with Gasteiger partial charge in [-0.15, -0.1) is 0 Å². The molecule has 0 spiro atoms. The van der Waals surface area contributed by atoms with Crippen molar-refractivity contribution in [2.24, 2.45) is 5.41 Å². The summed E-state index contributed by atoms with van der Waals surface area (Å²) in [5, 5.41) is 4.25. The normalized spacial score (nSPS) is 19.6. The van der Waals surface area contributed by atoms with Crippen LogP contribution in [0.25, 0.3) is 0 Å². The van der Waals surface area contributed by atoms with Crippen molar-refractivity contribution in [1.29, 1.82) is 0 Å². The summed E-state index contributed by atoms with van der Waals surface area (Å²) in [5.74, 6) is 0. The van der Waals surface area contributed by atoms with Crippen molar-refractivity contribution in [2.75, 3.05) is 13.6 Å². The topological polar surface area (TPSA) is 35.6 Å². The van der Waals surface area contributed by atoms with E-state index >= 15 is 0 Å². The first-order chi connectivity index (χ1) is 14.7. The van der Waals surface area contributed by atoms with Gasteiger partial charge in [-0.2, -0.15) is 0 Å². The second-order valence-corrected chi connectivity index (χ2v) is 9.90. The molecule has 1 fully saturated rings. The van der Waals surface area contributed by atoms with E-state index in [0.29, 0.717) is 16.6 Å². The summed E-state index contributed by atoms with van der Waals surface area (Å²) < 4.78 is 0. The summed E-state index contributed by atoms with van der Waals surface area (Å²) in [5.41, 5.74) is 1.94. The lowest BCUT2D eigenvalue weighted by molar-refractivity contribution is -0.0374. The van der Waals surface area contributed by atoms with Gasteiger partial charge in [0.1, 0.15) is 0 Å². The number of piperidine rings is 1.